The van der Waals surface area contributed by atoms with Crippen molar-refractivity contribution in [2.24, 2.45) is 5.73 Å². The van der Waals surface area contributed by atoms with Crippen LogP contribution in [0.3, 0.4) is 0 Å². The molecule has 0 aliphatic carbocycles. The van der Waals surface area contributed by atoms with E-state index in [4.69, 9.17) is 27.4 Å². The van der Waals surface area contributed by atoms with Crippen LogP contribution in [0.4, 0.5) is 10.5 Å². The third-order valence-electron chi connectivity index (χ3n) is 1.90. The number of anilines is 1. The molecule has 18 heavy (non-hydrogen) atoms. The van der Waals surface area contributed by atoms with Crippen molar-refractivity contribution in [3.8, 4) is 5.75 Å². The van der Waals surface area contributed by atoms with E-state index in [0.29, 0.717) is 17.1 Å². The Hall–Kier alpha value is -1.89. The van der Waals surface area contributed by atoms with Crippen molar-refractivity contribution in [2.75, 3.05) is 12.4 Å². The van der Waals surface area contributed by atoms with E-state index in [1.807, 2.05) is 0 Å². The van der Waals surface area contributed by atoms with Gasteiger partial charge in [-0.2, -0.15) is 0 Å². The fourth-order valence-electron chi connectivity index (χ4n) is 1.21. The van der Waals surface area contributed by atoms with Crippen molar-refractivity contribution in [3.05, 3.63) is 18.0 Å². The predicted octanol–water partition coefficient (Wildman–Crippen LogP) is 1.68. The Morgan fingerprint density at radius 3 is 2.72 bits per heavy atom. The summed E-state index contributed by atoms with van der Waals surface area (Å²) < 4.78 is 10.0. The van der Waals surface area contributed by atoms with E-state index in [0.717, 1.165) is 0 Å². The molecule has 6 nitrogen and oxygen atoms in total. The number of nitrogens with two attached hydrogens (primary N) is 1. The molecule has 0 spiro atoms. The van der Waals surface area contributed by atoms with Crippen LogP contribution in [0.2, 0.25) is 0 Å². The van der Waals surface area contributed by atoms with Gasteiger partial charge in [-0.1, -0.05) is 12.2 Å². The fourth-order valence-corrected chi connectivity index (χ4v) is 1.37. The minimum Gasteiger partial charge on any atom is -0.494 e. The lowest BCUT2D eigenvalue weighted by Gasteiger charge is -2.11. The minimum absolute atomic E-state index is 0.128. The highest BCUT2D eigenvalue weighted by Gasteiger charge is 2.11. The number of hydrogen-bond acceptors (Lipinski definition) is 5. The number of methoxy groups -OCH3 is 1. The van der Waals surface area contributed by atoms with Gasteiger partial charge in [0.25, 0.3) is 0 Å². The molecule has 0 saturated heterocycles. The van der Waals surface area contributed by atoms with Crippen LogP contribution in [0.15, 0.2) is 12.3 Å². The van der Waals surface area contributed by atoms with E-state index in [-0.39, 0.29) is 11.1 Å². The summed E-state index contributed by atoms with van der Waals surface area (Å²) in [6.07, 6.45) is 0.672. The highest BCUT2D eigenvalue weighted by Crippen LogP contribution is 2.20. The first-order chi connectivity index (χ1) is 8.43. The molecular weight excluding hydrogens is 254 g/mol. The van der Waals surface area contributed by atoms with Gasteiger partial charge in [-0.3, -0.25) is 5.32 Å². The monoisotopic (exact) mass is 269 g/mol. The molecule has 1 rings (SSSR count). The summed E-state index contributed by atoms with van der Waals surface area (Å²) in [7, 11) is 1.47. The number of pyridine rings is 1. The number of rotatable bonds is 4. The van der Waals surface area contributed by atoms with Crippen LogP contribution >= 0.6 is 12.2 Å². The largest absolute Gasteiger partial charge is 0.494 e. The van der Waals surface area contributed by atoms with E-state index >= 15 is 0 Å². The number of ether oxygens (including phenoxy) is 2. The van der Waals surface area contributed by atoms with Crippen LogP contribution in [-0.4, -0.2) is 29.3 Å². The number of aromatic nitrogens is 1. The summed E-state index contributed by atoms with van der Waals surface area (Å²) in [6.45, 7) is 3.52. The van der Waals surface area contributed by atoms with Crippen molar-refractivity contribution in [3.63, 3.8) is 0 Å². The molecule has 0 saturated carbocycles. The quantitative estimate of drug-likeness (QED) is 0.809. The van der Waals surface area contributed by atoms with E-state index in [1.54, 1.807) is 19.9 Å². The molecule has 98 valence electrons. The maximum absolute atomic E-state index is 11.4. The molecule has 3 N–H and O–H groups in total. The second-order valence-electron chi connectivity index (χ2n) is 3.72. The normalized spacial score (nSPS) is 10.0. The average Bonchev–Trinajstić information content (AvgIpc) is 2.27. The van der Waals surface area contributed by atoms with Crippen molar-refractivity contribution in [2.45, 2.75) is 20.0 Å². The Morgan fingerprint density at radius 1 is 1.56 bits per heavy atom. The summed E-state index contributed by atoms with van der Waals surface area (Å²) in [5, 5.41) is 2.53. The van der Waals surface area contributed by atoms with Gasteiger partial charge < -0.3 is 15.2 Å². The summed E-state index contributed by atoms with van der Waals surface area (Å²) >= 11 is 4.83. The van der Waals surface area contributed by atoms with E-state index in [1.165, 1.54) is 13.3 Å². The molecule has 0 fully saturated rings. The third-order valence-corrected chi connectivity index (χ3v) is 2.09. The maximum Gasteiger partial charge on any atom is 0.411 e. The number of carbonyl (C=O) groups is 1. The first kappa shape index (κ1) is 14.2. The lowest BCUT2D eigenvalue weighted by Crippen LogP contribution is -2.19. The van der Waals surface area contributed by atoms with Crippen LogP contribution in [0, 0.1) is 0 Å². The molecule has 0 aromatic carbocycles. The molecule has 0 bridgehead atoms. The van der Waals surface area contributed by atoms with Gasteiger partial charge in [0.15, 0.2) is 0 Å². The van der Waals surface area contributed by atoms with Gasteiger partial charge >= 0.3 is 6.09 Å². The number of nitrogens with zero attached hydrogens (tertiary/aromatic N) is 1. The molecule has 0 aliphatic heterocycles. The third kappa shape index (κ3) is 3.85. The zero-order chi connectivity index (χ0) is 13.7. The summed E-state index contributed by atoms with van der Waals surface area (Å²) in [5.74, 6) is 0.393. The molecule has 1 amide bonds. The zero-order valence-electron chi connectivity index (χ0n) is 10.4. The van der Waals surface area contributed by atoms with E-state index in [2.05, 4.69) is 10.3 Å². The van der Waals surface area contributed by atoms with E-state index in [9.17, 15) is 4.79 Å². The number of thiocarbonyl (C=S) groups is 1. The highest BCUT2D eigenvalue weighted by atomic mass is 32.1. The topological polar surface area (TPSA) is 86.5 Å². The van der Waals surface area contributed by atoms with Gasteiger partial charge in [0.05, 0.1) is 25.1 Å². The van der Waals surface area contributed by atoms with Gasteiger partial charge in [0.2, 0.25) is 0 Å². The molecule has 0 aliphatic rings. The van der Waals surface area contributed by atoms with Gasteiger partial charge in [-0.25, -0.2) is 9.78 Å². The van der Waals surface area contributed by atoms with Gasteiger partial charge in [0, 0.05) is 6.07 Å². The number of amides is 1. The molecule has 0 unspecified atom stereocenters. The second-order valence-corrected chi connectivity index (χ2v) is 4.16. The van der Waals surface area contributed by atoms with Crippen molar-refractivity contribution >= 4 is 29.0 Å². The molecular formula is C11H15N3O3S. The predicted molar refractivity (Wildman–Crippen MR) is 71.9 cm³/mol. The first-order valence-electron chi connectivity index (χ1n) is 5.25. The number of nitrogens with one attached hydrogen (secondary N) is 1. The average molecular weight is 269 g/mol. The smallest absolute Gasteiger partial charge is 0.411 e. The van der Waals surface area contributed by atoms with Gasteiger partial charge in [-0.05, 0) is 13.8 Å². The standard InChI is InChI=1S/C11H15N3O3S/c1-6(2)17-11(15)14-7-4-8(16-3)9(10(12)18)13-5-7/h4-6H,1-3H3,(H2,12,18)(H,14,15). The van der Waals surface area contributed by atoms with Crippen LogP contribution < -0.4 is 15.8 Å². The maximum atomic E-state index is 11.4. The first-order valence-corrected chi connectivity index (χ1v) is 5.66. The van der Waals surface area contributed by atoms with Crippen molar-refractivity contribution < 1.29 is 14.3 Å². The van der Waals surface area contributed by atoms with Gasteiger partial charge in [0.1, 0.15) is 16.4 Å². The van der Waals surface area contributed by atoms with Crippen LogP contribution in [-0.2, 0) is 4.74 Å². The molecule has 0 radical (unpaired) electrons. The lowest BCUT2D eigenvalue weighted by atomic mass is 10.3. The Morgan fingerprint density at radius 2 is 2.22 bits per heavy atom. The summed E-state index contributed by atoms with van der Waals surface area (Å²) in [6, 6.07) is 1.57. The Labute approximate surface area is 110 Å². The highest BCUT2D eigenvalue weighted by molar-refractivity contribution is 7.80. The number of carbonyl (C=O) groups excluding carboxylic acids is 1. The Bertz CT molecular complexity index is 463. The molecule has 1 aromatic rings. The Kier molecular flexibility index (Phi) is 4.85. The lowest BCUT2D eigenvalue weighted by molar-refractivity contribution is 0.130. The van der Waals surface area contributed by atoms with Crippen LogP contribution in [0.5, 0.6) is 5.75 Å². The second kappa shape index (κ2) is 6.15. The molecule has 0 atom stereocenters. The SMILES string of the molecule is COc1cc(NC(=O)OC(C)C)cnc1C(N)=S. The summed E-state index contributed by atoms with van der Waals surface area (Å²) in [5.41, 5.74) is 6.30. The van der Waals surface area contributed by atoms with Crippen molar-refractivity contribution in [1.82, 2.24) is 4.98 Å². The Balaban J connectivity index is 2.86. The van der Waals surface area contributed by atoms with Crippen LogP contribution in [0.1, 0.15) is 19.5 Å². The zero-order valence-corrected chi connectivity index (χ0v) is 11.2. The minimum atomic E-state index is -0.558. The van der Waals surface area contributed by atoms with E-state index < -0.39 is 6.09 Å². The molecule has 1 aromatic heterocycles. The number of hydrogen-bond donors (Lipinski definition) is 2. The summed E-state index contributed by atoms with van der Waals surface area (Å²) in [4.78, 5) is 15.5. The van der Waals surface area contributed by atoms with Gasteiger partial charge in [-0.15, -0.1) is 0 Å². The van der Waals surface area contributed by atoms with Crippen LogP contribution in [0.25, 0.3) is 0 Å². The molecule has 7 heteroatoms. The fraction of sp³-hybridized carbons (Fsp3) is 0.364. The molecule has 1 heterocycles. The van der Waals surface area contributed by atoms with Crippen molar-refractivity contribution in [1.29, 1.82) is 0 Å².